The van der Waals surface area contributed by atoms with Crippen molar-refractivity contribution in [2.24, 2.45) is 0 Å². The lowest BCUT2D eigenvalue weighted by molar-refractivity contribution is -0.121. The van der Waals surface area contributed by atoms with Crippen molar-refractivity contribution in [1.29, 1.82) is 0 Å². The number of aryl methyl sites for hydroxylation is 1. The number of amides is 1. The topological polar surface area (TPSA) is 90.2 Å². The number of carbonyl (C=O) groups excluding carboxylic acids is 1. The number of morpholine rings is 1. The molecule has 0 radical (unpaired) electrons. The predicted molar refractivity (Wildman–Crippen MR) is 102 cm³/mol. The van der Waals surface area contributed by atoms with Crippen LogP contribution in [-0.4, -0.2) is 52.8 Å². The Morgan fingerprint density at radius 3 is 2.78 bits per heavy atom. The Kier molecular flexibility index (Phi) is 5.08. The number of benzene rings is 1. The third-order valence-corrected chi connectivity index (χ3v) is 5.70. The molecule has 3 atom stereocenters. The number of hydrogen-bond donors (Lipinski definition) is 3. The fourth-order valence-corrected chi connectivity index (χ4v) is 4.11. The largest absolute Gasteiger partial charge is 0.371 e. The Labute approximate surface area is 162 Å². The number of H-pyrrole nitrogens is 2. The van der Waals surface area contributed by atoms with Gasteiger partial charge in [0.05, 0.1) is 19.1 Å². The van der Waals surface area contributed by atoms with Crippen molar-refractivity contribution in [3.63, 3.8) is 0 Å². The van der Waals surface area contributed by atoms with Gasteiger partial charge in [0.15, 0.2) is 0 Å². The van der Waals surface area contributed by atoms with E-state index >= 15 is 0 Å². The summed E-state index contributed by atoms with van der Waals surface area (Å²) >= 11 is 5.96. The van der Waals surface area contributed by atoms with Crippen LogP contribution in [-0.2, 0) is 16.0 Å². The summed E-state index contributed by atoms with van der Waals surface area (Å²) in [6.45, 7) is 4.03. The second kappa shape index (κ2) is 7.50. The molecule has 2 aromatic rings. The van der Waals surface area contributed by atoms with Gasteiger partial charge in [-0.25, -0.2) is 0 Å². The van der Waals surface area contributed by atoms with Crippen LogP contribution < -0.4 is 10.9 Å². The number of rotatable bonds is 4. The summed E-state index contributed by atoms with van der Waals surface area (Å²) in [7, 11) is 0. The van der Waals surface area contributed by atoms with Crippen LogP contribution in [0.4, 0.5) is 0 Å². The first-order valence-electron chi connectivity index (χ1n) is 9.16. The van der Waals surface area contributed by atoms with Gasteiger partial charge >= 0.3 is 0 Å². The summed E-state index contributed by atoms with van der Waals surface area (Å²) in [5.74, 6) is -0.122. The first-order chi connectivity index (χ1) is 13.0. The second-order valence-electron chi connectivity index (χ2n) is 7.34. The zero-order chi connectivity index (χ0) is 19.0. The highest BCUT2D eigenvalue weighted by Crippen LogP contribution is 2.30. The van der Waals surface area contributed by atoms with Crippen molar-refractivity contribution in [2.75, 3.05) is 19.7 Å². The maximum Gasteiger partial charge on any atom is 0.267 e. The molecule has 2 aliphatic heterocycles. The lowest BCUT2D eigenvalue weighted by atomic mass is 10.1. The molecule has 27 heavy (non-hydrogen) atoms. The minimum Gasteiger partial charge on any atom is -0.371 e. The number of fused-ring (bicyclic) bond motifs is 1. The van der Waals surface area contributed by atoms with E-state index in [0.717, 1.165) is 25.1 Å². The fourth-order valence-electron chi connectivity index (χ4n) is 3.98. The molecule has 0 spiro atoms. The van der Waals surface area contributed by atoms with E-state index in [1.54, 1.807) is 6.92 Å². The number of aromatic amines is 2. The summed E-state index contributed by atoms with van der Waals surface area (Å²) in [6, 6.07) is 8.15. The Hall–Kier alpha value is -2.09. The number of nitrogens with zero attached hydrogens (tertiary/aromatic N) is 1. The maximum atomic E-state index is 12.4. The first-order valence-corrected chi connectivity index (χ1v) is 9.54. The third kappa shape index (κ3) is 3.95. The standard InChI is InChI=1S/C19H23ClN4O3/c1-11-16(19(26)23-22-11)7-18(25)21-14-6-15-10-27-17(9-24(15)8-14)12-2-4-13(20)5-3-12/h2-5,14-15,17H,6-10H2,1H3,(H,21,25)(H2,22,23,26)/t14-,15+,17-/m1/s1. The number of nitrogens with one attached hydrogen (secondary N) is 3. The molecule has 3 heterocycles. The van der Waals surface area contributed by atoms with Crippen molar-refractivity contribution in [3.05, 3.63) is 56.5 Å². The van der Waals surface area contributed by atoms with Crippen LogP contribution in [0.5, 0.6) is 0 Å². The molecule has 1 aromatic heterocycles. The summed E-state index contributed by atoms with van der Waals surface area (Å²) in [6.07, 6.45) is 0.978. The number of hydrogen-bond acceptors (Lipinski definition) is 4. The van der Waals surface area contributed by atoms with Gasteiger partial charge in [-0.1, -0.05) is 23.7 Å². The molecule has 4 rings (SSSR count). The van der Waals surface area contributed by atoms with Crippen molar-refractivity contribution < 1.29 is 9.53 Å². The molecule has 2 fully saturated rings. The van der Waals surface area contributed by atoms with Crippen LogP contribution in [0, 0.1) is 6.92 Å². The van der Waals surface area contributed by atoms with Gasteiger partial charge in [0.1, 0.15) is 0 Å². The SMILES string of the molecule is Cc1[nH][nH]c(=O)c1CC(=O)N[C@@H]1C[C@H]2CO[C@@H](c3ccc(Cl)cc3)CN2C1. The van der Waals surface area contributed by atoms with Crippen molar-refractivity contribution in [1.82, 2.24) is 20.4 Å². The summed E-state index contributed by atoms with van der Waals surface area (Å²) in [5.41, 5.74) is 2.09. The summed E-state index contributed by atoms with van der Waals surface area (Å²) in [4.78, 5) is 26.4. The van der Waals surface area contributed by atoms with Crippen molar-refractivity contribution in [3.8, 4) is 0 Å². The molecule has 8 heteroatoms. The van der Waals surface area contributed by atoms with Crippen LogP contribution in [0.25, 0.3) is 0 Å². The molecule has 7 nitrogen and oxygen atoms in total. The Bertz CT molecular complexity index is 876. The van der Waals surface area contributed by atoms with Crippen molar-refractivity contribution >= 4 is 17.5 Å². The molecule has 0 saturated carbocycles. The van der Waals surface area contributed by atoms with Crippen LogP contribution >= 0.6 is 11.6 Å². The van der Waals surface area contributed by atoms with E-state index in [1.807, 2.05) is 24.3 Å². The lowest BCUT2D eigenvalue weighted by Crippen LogP contribution is -2.43. The molecule has 0 aliphatic carbocycles. The zero-order valence-electron chi connectivity index (χ0n) is 15.1. The van der Waals surface area contributed by atoms with E-state index in [-0.39, 0.29) is 30.0 Å². The van der Waals surface area contributed by atoms with Crippen molar-refractivity contribution in [2.45, 2.75) is 38.0 Å². The van der Waals surface area contributed by atoms with Crippen LogP contribution in [0.3, 0.4) is 0 Å². The lowest BCUT2D eigenvalue weighted by Gasteiger charge is -2.35. The monoisotopic (exact) mass is 390 g/mol. The van der Waals surface area contributed by atoms with E-state index < -0.39 is 0 Å². The summed E-state index contributed by atoms with van der Waals surface area (Å²) in [5, 5.41) is 9.04. The third-order valence-electron chi connectivity index (χ3n) is 5.45. The van der Waals surface area contributed by atoms with E-state index in [0.29, 0.717) is 28.9 Å². The zero-order valence-corrected chi connectivity index (χ0v) is 15.9. The highest BCUT2D eigenvalue weighted by Gasteiger charge is 2.38. The predicted octanol–water partition coefficient (Wildman–Crippen LogP) is 1.54. The Morgan fingerprint density at radius 2 is 2.07 bits per heavy atom. The van der Waals surface area contributed by atoms with Gasteiger partial charge in [-0.15, -0.1) is 0 Å². The van der Waals surface area contributed by atoms with E-state index in [9.17, 15) is 9.59 Å². The molecule has 2 aliphatic rings. The quantitative estimate of drug-likeness (QED) is 0.738. The van der Waals surface area contributed by atoms with Crippen LogP contribution in [0.1, 0.15) is 29.3 Å². The molecule has 1 amide bonds. The summed E-state index contributed by atoms with van der Waals surface area (Å²) < 4.78 is 6.04. The normalized spacial score (nSPS) is 25.3. The minimum absolute atomic E-state index is 0.0223. The number of halogens is 1. The highest BCUT2D eigenvalue weighted by molar-refractivity contribution is 6.30. The van der Waals surface area contributed by atoms with Crippen LogP contribution in [0.15, 0.2) is 29.1 Å². The van der Waals surface area contributed by atoms with Gasteiger partial charge in [-0.05, 0) is 31.0 Å². The smallest absolute Gasteiger partial charge is 0.267 e. The molecule has 0 unspecified atom stereocenters. The van der Waals surface area contributed by atoms with Gasteiger partial charge < -0.3 is 15.2 Å². The molecule has 144 valence electrons. The van der Waals surface area contributed by atoms with Crippen LogP contribution in [0.2, 0.25) is 5.02 Å². The molecular formula is C19H23ClN4O3. The van der Waals surface area contributed by atoms with E-state index in [4.69, 9.17) is 16.3 Å². The average Bonchev–Trinajstić information content (AvgIpc) is 3.19. The minimum atomic E-state index is -0.231. The maximum absolute atomic E-state index is 12.4. The second-order valence-corrected chi connectivity index (χ2v) is 7.78. The number of aromatic nitrogens is 2. The van der Waals surface area contributed by atoms with E-state index in [2.05, 4.69) is 20.4 Å². The van der Waals surface area contributed by atoms with Gasteiger partial charge in [-0.3, -0.25) is 19.6 Å². The van der Waals surface area contributed by atoms with Gasteiger partial charge in [0, 0.05) is 41.5 Å². The molecule has 0 bridgehead atoms. The Morgan fingerprint density at radius 1 is 1.30 bits per heavy atom. The Balaban J connectivity index is 1.34. The van der Waals surface area contributed by atoms with E-state index in [1.165, 1.54) is 0 Å². The fraction of sp³-hybridized carbons (Fsp3) is 0.474. The number of ether oxygens (including phenoxy) is 1. The molecule has 1 aromatic carbocycles. The van der Waals surface area contributed by atoms with Gasteiger partial charge in [0.25, 0.3) is 5.56 Å². The highest BCUT2D eigenvalue weighted by atomic mass is 35.5. The molecular weight excluding hydrogens is 368 g/mol. The number of carbonyl (C=O) groups is 1. The average molecular weight is 391 g/mol. The molecule has 2 saturated heterocycles. The van der Waals surface area contributed by atoms with Gasteiger partial charge in [0.2, 0.25) is 5.91 Å². The van der Waals surface area contributed by atoms with Gasteiger partial charge in [-0.2, -0.15) is 0 Å². The molecule has 3 N–H and O–H groups in total. The first kappa shape index (κ1) is 18.3.